The topological polar surface area (TPSA) is 57.5 Å². The van der Waals surface area contributed by atoms with Gasteiger partial charge in [0.05, 0.1) is 5.69 Å². The number of nitrogens with one attached hydrogen (secondary N) is 2. The zero-order chi connectivity index (χ0) is 22.3. The molecule has 0 unspecified atom stereocenters. The molecule has 1 saturated heterocycles. The first-order valence-corrected chi connectivity index (χ1v) is 11.2. The van der Waals surface area contributed by atoms with E-state index in [2.05, 4.69) is 49.8 Å². The zero-order valence-electron chi connectivity index (χ0n) is 18.8. The van der Waals surface area contributed by atoms with E-state index in [-0.39, 0.29) is 5.82 Å². The second-order valence-electron chi connectivity index (χ2n) is 8.21. The van der Waals surface area contributed by atoms with Gasteiger partial charge in [0.15, 0.2) is 5.96 Å². The van der Waals surface area contributed by atoms with E-state index < -0.39 is 0 Å². The zero-order valence-corrected chi connectivity index (χ0v) is 18.8. The maximum absolute atomic E-state index is 14.6. The molecule has 1 aliphatic rings. The summed E-state index contributed by atoms with van der Waals surface area (Å²) >= 11 is 0. The molecule has 1 aliphatic heterocycles. The van der Waals surface area contributed by atoms with E-state index in [0.717, 1.165) is 17.9 Å². The number of aromatic nitrogens is 2. The van der Waals surface area contributed by atoms with Gasteiger partial charge in [-0.2, -0.15) is 0 Å². The maximum Gasteiger partial charge on any atom is 0.191 e. The summed E-state index contributed by atoms with van der Waals surface area (Å²) < 4.78 is 16.3. The number of nitrogens with zero attached hydrogens (tertiary/aromatic N) is 4. The number of aryl methyl sites for hydroxylation is 1. The molecule has 2 heterocycles. The second kappa shape index (κ2) is 10.4. The molecule has 32 heavy (non-hydrogen) atoms. The van der Waals surface area contributed by atoms with Crippen molar-refractivity contribution in [3.63, 3.8) is 0 Å². The first kappa shape index (κ1) is 22.0. The van der Waals surface area contributed by atoms with E-state index in [0.29, 0.717) is 24.7 Å². The number of rotatable bonds is 7. The fourth-order valence-electron chi connectivity index (χ4n) is 4.04. The fourth-order valence-corrected chi connectivity index (χ4v) is 4.04. The molecule has 0 aliphatic carbocycles. The van der Waals surface area contributed by atoms with Crippen LogP contribution >= 0.6 is 0 Å². The summed E-state index contributed by atoms with van der Waals surface area (Å²) in [6.07, 6.45) is 6.06. The van der Waals surface area contributed by atoms with Crippen molar-refractivity contribution < 1.29 is 4.39 Å². The van der Waals surface area contributed by atoms with Crippen LogP contribution in [0, 0.1) is 12.7 Å². The van der Waals surface area contributed by atoms with Gasteiger partial charge in [0.25, 0.3) is 0 Å². The lowest BCUT2D eigenvalue weighted by Gasteiger charge is -2.15. The number of imidazole rings is 1. The molecule has 0 saturated carbocycles. The third-order valence-electron chi connectivity index (χ3n) is 5.87. The highest BCUT2D eigenvalue weighted by Gasteiger charge is 2.11. The molecule has 1 fully saturated rings. The highest BCUT2D eigenvalue weighted by atomic mass is 19.1. The molecule has 4 rings (SSSR count). The largest absolute Gasteiger partial charge is 0.352 e. The summed E-state index contributed by atoms with van der Waals surface area (Å²) in [7, 11) is 1.74. The van der Waals surface area contributed by atoms with E-state index in [4.69, 9.17) is 0 Å². The van der Waals surface area contributed by atoms with Crippen LogP contribution in [0.5, 0.6) is 0 Å². The molecule has 0 amide bonds. The molecule has 2 aromatic carbocycles. The van der Waals surface area contributed by atoms with E-state index in [1.165, 1.54) is 37.1 Å². The van der Waals surface area contributed by atoms with Crippen molar-refractivity contribution >= 4 is 5.96 Å². The van der Waals surface area contributed by atoms with Crippen LogP contribution in [0.4, 0.5) is 4.39 Å². The van der Waals surface area contributed by atoms with Gasteiger partial charge >= 0.3 is 0 Å². The molecular weight excluding hydrogens is 403 g/mol. The number of guanidine groups is 1. The van der Waals surface area contributed by atoms with Crippen molar-refractivity contribution in [2.75, 3.05) is 20.1 Å². The Morgan fingerprint density at radius 3 is 2.28 bits per heavy atom. The third kappa shape index (κ3) is 5.53. The lowest BCUT2D eigenvalue weighted by Crippen LogP contribution is -2.36. The SMILES string of the molecule is CN=C(NCc1ccc(CN2CCCC2)cc1)NCc1ccc(-n2ccnc2C)c(F)c1. The monoisotopic (exact) mass is 434 g/mol. The van der Waals surface area contributed by atoms with Crippen molar-refractivity contribution in [1.82, 2.24) is 25.1 Å². The van der Waals surface area contributed by atoms with Gasteiger partial charge in [0.1, 0.15) is 11.6 Å². The molecule has 168 valence electrons. The summed E-state index contributed by atoms with van der Waals surface area (Å²) in [6.45, 7) is 6.46. The summed E-state index contributed by atoms with van der Waals surface area (Å²) in [5.74, 6) is 1.16. The molecule has 0 bridgehead atoms. The first-order chi connectivity index (χ1) is 15.6. The van der Waals surface area contributed by atoms with Gasteiger partial charge in [0.2, 0.25) is 0 Å². The standard InChI is InChI=1S/C25H31FN6/c1-19-28-11-14-32(19)24-10-9-22(15-23(24)26)17-30-25(27-2)29-16-20-5-7-21(8-6-20)18-31-12-3-4-13-31/h5-11,14-15H,3-4,12-13,16-18H2,1-2H3,(H2,27,29,30). The Balaban J connectivity index is 1.28. The van der Waals surface area contributed by atoms with Gasteiger partial charge in [-0.15, -0.1) is 0 Å². The summed E-state index contributed by atoms with van der Waals surface area (Å²) in [5.41, 5.74) is 3.90. The number of halogens is 1. The Kier molecular flexibility index (Phi) is 7.17. The van der Waals surface area contributed by atoms with Crippen molar-refractivity contribution in [2.45, 2.75) is 39.4 Å². The third-order valence-corrected chi connectivity index (χ3v) is 5.87. The quantitative estimate of drug-likeness (QED) is 0.439. The molecule has 6 nitrogen and oxygen atoms in total. The smallest absolute Gasteiger partial charge is 0.191 e. The summed E-state index contributed by atoms with van der Waals surface area (Å²) in [5, 5.41) is 6.58. The van der Waals surface area contributed by atoms with E-state index in [9.17, 15) is 4.39 Å². The molecule has 0 atom stereocenters. The van der Waals surface area contributed by atoms with Gasteiger partial charge in [-0.3, -0.25) is 9.89 Å². The molecule has 1 aromatic heterocycles. The Labute approximate surface area is 189 Å². The van der Waals surface area contributed by atoms with Crippen molar-refractivity contribution in [2.24, 2.45) is 4.99 Å². The lowest BCUT2D eigenvalue weighted by atomic mass is 10.1. The minimum absolute atomic E-state index is 0.276. The molecular formula is C25H31FN6. The van der Waals surface area contributed by atoms with Crippen LogP contribution < -0.4 is 10.6 Å². The van der Waals surface area contributed by atoms with Crippen LogP contribution in [0.15, 0.2) is 59.9 Å². The van der Waals surface area contributed by atoms with Gasteiger partial charge in [-0.1, -0.05) is 30.3 Å². The Morgan fingerprint density at radius 2 is 1.66 bits per heavy atom. The van der Waals surface area contributed by atoms with E-state index >= 15 is 0 Å². The van der Waals surface area contributed by atoms with Crippen molar-refractivity contribution in [1.29, 1.82) is 0 Å². The van der Waals surface area contributed by atoms with Crippen LogP contribution in [-0.2, 0) is 19.6 Å². The van der Waals surface area contributed by atoms with Gasteiger partial charge in [-0.25, -0.2) is 9.37 Å². The Hall–Kier alpha value is -3.19. The minimum atomic E-state index is -0.276. The van der Waals surface area contributed by atoms with Gasteiger partial charge in [-0.05, 0) is 61.7 Å². The van der Waals surface area contributed by atoms with Crippen LogP contribution in [0.1, 0.15) is 35.4 Å². The predicted octanol–water partition coefficient (Wildman–Crippen LogP) is 3.78. The summed E-state index contributed by atoms with van der Waals surface area (Å²) in [6, 6.07) is 14.0. The van der Waals surface area contributed by atoms with Crippen molar-refractivity contribution in [3.8, 4) is 5.69 Å². The van der Waals surface area contributed by atoms with E-state index in [1.807, 2.05) is 13.0 Å². The summed E-state index contributed by atoms with van der Waals surface area (Å²) in [4.78, 5) is 10.9. The van der Waals surface area contributed by atoms with Gasteiger partial charge < -0.3 is 15.2 Å². The highest BCUT2D eigenvalue weighted by molar-refractivity contribution is 5.79. The molecule has 0 spiro atoms. The highest BCUT2D eigenvalue weighted by Crippen LogP contribution is 2.17. The van der Waals surface area contributed by atoms with Crippen LogP contribution in [0.25, 0.3) is 5.69 Å². The van der Waals surface area contributed by atoms with Gasteiger partial charge in [0, 0.05) is 39.1 Å². The maximum atomic E-state index is 14.6. The molecule has 0 radical (unpaired) electrons. The normalized spacial score (nSPS) is 14.7. The van der Waals surface area contributed by atoms with Crippen LogP contribution in [-0.4, -0.2) is 40.5 Å². The predicted molar refractivity (Wildman–Crippen MR) is 126 cm³/mol. The number of aliphatic imine (C=N–C) groups is 1. The molecule has 2 N–H and O–H groups in total. The number of hydrogen-bond donors (Lipinski definition) is 2. The Morgan fingerprint density at radius 1 is 1.00 bits per heavy atom. The lowest BCUT2D eigenvalue weighted by molar-refractivity contribution is 0.331. The average molecular weight is 435 g/mol. The van der Waals surface area contributed by atoms with Crippen LogP contribution in [0.2, 0.25) is 0 Å². The average Bonchev–Trinajstić information content (AvgIpc) is 3.47. The first-order valence-electron chi connectivity index (χ1n) is 11.2. The minimum Gasteiger partial charge on any atom is -0.352 e. The van der Waals surface area contributed by atoms with E-state index in [1.54, 1.807) is 36.1 Å². The fraction of sp³-hybridized carbons (Fsp3) is 0.360. The second-order valence-corrected chi connectivity index (χ2v) is 8.21. The van der Waals surface area contributed by atoms with Crippen molar-refractivity contribution in [3.05, 3.63) is 83.2 Å². The number of likely N-dealkylation sites (tertiary alicyclic amines) is 1. The Bertz CT molecular complexity index is 1050. The number of hydrogen-bond acceptors (Lipinski definition) is 3. The molecule has 7 heteroatoms. The molecule has 3 aromatic rings. The van der Waals surface area contributed by atoms with Crippen LogP contribution in [0.3, 0.4) is 0 Å². The number of benzene rings is 2.